The van der Waals surface area contributed by atoms with Crippen molar-refractivity contribution in [2.75, 3.05) is 0 Å². The Balaban J connectivity index is 1.65. The number of hydrogen-bond acceptors (Lipinski definition) is 1. The summed E-state index contributed by atoms with van der Waals surface area (Å²) in [5, 5.41) is 9.71. The minimum absolute atomic E-state index is 0.0351. The number of aliphatic hydroxyl groups is 1. The number of hydrogen-bond donors (Lipinski definition) is 1. The summed E-state index contributed by atoms with van der Waals surface area (Å²) in [5.41, 5.74) is 0. The molecule has 1 nitrogen and oxygen atoms in total. The Morgan fingerprint density at radius 2 is 1.64 bits per heavy atom. The Labute approximate surface area is 86.9 Å². The lowest BCUT2D eigenvalue weighted by molar-refractivity contribution is 0.0650. The first-order valence-corrected chi connectivity index (χ1v) is 6.51. The largest absolute Gasteiger partial charge is 0.393 e. The molecule has 1 heteroatoms. The molecule has 3 aliphatic carbocycles. The van der Waals surface area contributed by atoms with E-state index in [2.05, 4.69) is 0 Å². The molecule has 3 rings (SSSR count). The third-order valence-electron chi connectivity index (χ3n) is 5.09. The fourth-order valence-corrected chi connectivity index (χ4v) is 4.46. The third kappa shape index (κ3) is 1.50. The fourth-order valence-electron chi connectivity index (χ4n) is 4.46. The van der Waals surface area contributed by atoms with E-state index in [0.29, 0.717) is 0 Å². The second-order valence-electron chi connectivity index (χ2n) is 5.92. The average molecular weight is 194 g/mol. The molecular weight excluding hydrogens is 172 g/mol. The van der Waals surface area contributed by atoms with Gasteiger partial charge in [0.2, 0.25) is 0 Å². The highest BCUT2D eigenvalue weighted by Crippen LogP contribution is 2.53. The standard InChI is InChI=1S/C13H22O/c14-12-3-1-2-10(8-12)13-7-9-4-5-11(13)6-9/h9-14H,1-8H2/t9-,10+,11-,12-,13+/m1/s1. The lowest BCUT2D eigenvalue weighted by Crippen LogP contribution is -2.28. The van der Waals surface area contributed by atoms with E-state index < -0.39 is 0 Å². The van der Waals surface area contributed by atoms with E-state index in [1.165, 1.54) is 38.5 Å². The second kappa shape index (κ2) is 3.52. The monoisotopic (exact) mass is 194 g/mol. The molecule has 80 valence electrons. The van der Waals surface area contributed by atoms with E-state index in [9.17, 15) is 5.11 Å². The van der Waals surface area contributed by atoms with E-state index >= 15 is 0 Å². The molecule has 0 aromatic carbocycles. The highest BCUT2D eigenvalue weighted by atomic mass is 16.3. The Kier molecular flexibility index (Phi) is 2.31. The molecule has 2 bridgehead atoms. The third-order valence-corrected chi connectivity index (χ3v) is 5.09. The summed E-state index contributed by atoms with van der Waals surface area (Å²) in [5.74, 6) is 4.01. The molecule has 14 heavy (non-hydrogen) atoms. The van der Waals surface area contributed by atoms with Crippen molar-refractivity contribution in [3.8, 4) is 0 Å². The molecule has 0 heterocycles. The normalized spacial score (nSPS) is 52.5. The maximum atomic E-state index is 9.71. The maximum absolute atomic E-state index is 9.71. The minimum atomic E-state index is 0.0351. The number of rotatable bonds is 1. The number of aliphatic hydroxyl groups excluding tert-OH is 1. The van der Waals surface area contributed by atoms with E-state index in [4.69, 9.17) is 0 Å². The summed E-state index contributed by atoms with van der Waals surface area (Å²) >= 11 is 0. The predicted molar refractivity (Wildman–Crippen MR) is 56.9 cm³/mol. The van der Waals surface area contributed by atoms with E-state index in [1.54, 1.807) is 0 Å². The molecule has 3 fully saturated rings. The second-order valence-corrected chi connectivity index (χ2v) is 5.92. The molecule has 5 atom stereocenters. The van der Waals surface area contributed by atoms with Gasteiger partial charge in [0.25, 0.3) is 0 Å². The molecule has 1 N–H and O–H groups in total. The van der Waals surface area contributed by atoms with Crippen molar-refractivity contribution in [3.05, 3.63) is 0 Å². The van der Waals surface area contributed by atoms with Gasteiger partial charge in [-0.15, -0.1) is 0 Å². The number of fused-ring (bicyclic) bond motifs is 2. The van der Waals surface area contributed by atoms with Crippen molar-refractivity contribution in [2.45, 2.75) is 57.5 Å². The molecule has 0 saturated heterocycles. The van der Waals surface area contributed by atoms with Crippen LogP contribution in [0.5, 0.6) is 0 Å². The molecule has 3 saturated carbocycles. The van der Waals surface area contributed by atoms with Gasteiger partial charge < -0.3 is 5.11 Å². The zero-order valence-corrected chi connectivity index (χ0v) is 8.99. The van der Waals surface area contributed by atoms with Crippen LogP contribution in [-0.2, 0) is 0 Å². The molecule has 0 radical (unpaired) electrons. The first-order chi connectivity index (χ1) is 6.83. The molecule has 0 spiro atoms. The van der Waals surface area contributed by atoms with Crippen LogP contribution in [-0.4, -0.2) is 11.2 Å². The van der Waals surface area contributed by atoms with E-state index in [1.807, 2.05) is 0 Å². The SMILES string of the molecule is O[C@@H]1CCC[C@H]([C@@H]2C[C@@H]3CC[C@@H]2C3)C1. The van der Waals surface area contributed by atoms with Crippen molar-refractivity contribution in [1.82, 2.24) is 0 Å². The lowest BCUT2D eigenvalue weighted by Gasteiger charge is -2.35. The van der Waals surface area contributed by atoms with Crippen molar-refractivity contribution in [3.63, 3.8) is 0 Å². The summed E-state index contributed by atoms with van der Waals surface area (Å²) in [6, 6.07) is 0. The Bertz CT molecular complexity index is 213. The van der Waals surface area contributed by atoms with Crippen LogP contribution in [0.2, 0.25) is 0 Å². The highest BCUT2D eigenvalue weighted by molar-refractivity contribution is 4.94. The average Bonchev–Trinajstić information content (AvgIpc) is 2.78. The molecule has 0 amide bonds. The zero-order valence-electron chi connectivity index (χ0n) is 8.99. The Morgan fingerprint density at radius 1 is 0.786 bits per heavy atom. The molecule has 3 aliphatic rings. The fraction of sp³-hybridized carbons (Fsp3) is 1.00. The smallest absolute Gasteiger partial charge is 0.0543 e. The molecular formula is C13H22O. The van der Waals surface area contributed by atoms with E-state index in [0.717, 1.165) is 36.5 Å². The van der Waals surface area contributed by atoms with Crippen LogP contribution >= 0.6 is 0 Å². The first kappa shape index (κ1) is 9.21. The molecule has 0 unspecified atom stereocenters. The van der Waals surface area contributed by atoms with Crippen LogP contribution in [0.3, 0.4) is 0 Å². The van der Waals surface area contributed by atoms with Gasteiger partial charge in [-0.2, -0.15) is 0 Å². The summed E-state index contributed by atoms with van der Waals surface area (Å²) in [7, 11) is 0. The van der Waals surface area contributed by atoms with Crippen LogP contribution in [0.25, 0.3) is 0 Å². The van der Waals surface area contributed by atoms with E-state index in [-0.39, 0.29) is 6.10 Å². The topological polar surface area (TPSA) is 20.2 Å². The van der Waals surface area contributed by atoms with Crippen molar-refractivity contribution in [2.24, 2.45) is 23.7 Å². The van der Waals surface area contributed by atoms with Crippen LogP contribution in [0.15, 0.2) is 0 Å². The van der Waals surface area contributed by atoms with Crippen LogP contribution < -0.4 is 0 Å². The Hall–Kier alpha value is -0.0400. The van der Waals surface area contributed by atoms with Crippen LogP contribution in [0.1, 0.15) is 51.4 Å². The van der Waals surface area contributed by atoms with Gasteiger partial charge in [-0.25, -0.2) is 0 Å². The highest BCUT2D eigenvalue weighted by Gasteiger charge is 2.43. The van der Waals surface area contributed by atoms with Gasteiger partial charge in [0.1, 0.15) is 0 Å². The van der Waals surface area contributed by atoms with Crippen LogP contribution in [0.4, 0.5) is 0 Å². The van der Waals surface area contributed by atoms with Crippen LogP contribution in [0, 0.1) is 23.7 Å². The van der Waals surface area contributed by atoms with Gasteiger partial charge in [-0.3, -0.25) is 0 Å². The van der Waals surface area contributed by atoms with Crippen molar-refractivity contribution < 1.29 is 5.11 Å². The summed E-state index contributed by atoms with van der Waals surface area (Å²) < 4.78 is 0. The van der Waals surface area contributed by atoms with Gasteiger partial charge in [-0.1, -0.05) is 12.8 Å². The quantitative estimate of drug-likeness (QED) is 0.680. The summed E-state index contributed by atoms with van der Waals surface area (Å²) in [6.07, 6.45) is 10.9. The first-order valence-electron chi connectivity index (χ1n) is 6.51. The van der Waals surface area contributed by atoms with Gasteiger partial charge in [0.15, 0.2) is 0 Å². The zero-order chi connectivity index (χ0) is 9.54. The lowest BCUT2D eigenvalue weighted by atomic mass is 9.72. The predicted octanol–water partition coefficient (Wildman–Crippen LogP) is 2.97. The van der Waals surface area contributed by atoms with Gasteiger partial charge >= 0.3 is 0 Å². The van der Waals surface area contributed by atoms with Gasteiger partial charge in [-0.05, 0) is 62.2 Å². The van der Waals surface area contributed by atoms with Crippen molar-refractivity contribution >= 4 is 0 Å². The van der Waals surface area contributed by atoms with Gasteiger partial charge in [0.05, 0.1) is 6.10 Å². The Morgan fingerprint density at radius 3 is 2.29 bits per heavy atom. The maximum Gasteiger partial charge on any atom is 0.0543 e. The van der Waals surface area contributed by atoms with Gasteiger partial charge in [0, 0.05) is 0 Å². The van der Waals surface area contributed by atoms with Crippen molar-refractivity contribution in [1.29, 1.82) is 0 Å². The molecule has 0 aliphatic heterocycles. The summed E-state index contributed by atoms with van der Waals surface area (Å²) in [4.78, 5) is 0. The minimum Gasteiger partial charge on any atom is -0.393 e. The molecule has 0 aromatic rings. The summed E-state index contributed by atoms with van der Waals surface area (Å²) in [6.45, 7) is 0. The molecule has 0 aromatic heterocycles.